The van der Waals surface area contributed by atoms with Gasteiger partial charge in [-0.15, -0.1) is 11.3 Å². The second-order valence-corrected chi connectivity index (χ2v) is 9.39. The highest BCUT2D eigenvalue weighted by Gasteiger charge is 2.11. The monoisotopic (exact) mass is 502 g/mol. The van der Waals surface area contributed by atoms with Gasteiger partial charge in [0.2, 0.25) is 0 Å². The van der Waals surface area contributed by atoms with E-state index < -0.39 is 0 Å². The van der Waals surface area contributed by atoms with Gasteiger partial charge in [-0.3, -0.25) is 5.43 Å². The third-order valence-corrected chi connectivity index (χ3v) is 6.07. The van der Waals surface area contributed by atoms with E-state index in [0.717, 1.165) is 32.2 Å². The molecule has 0 fully saturated rings. The van der Waals surface area contributed by atoms with Gasteiger partial charge in [0, 0.05) is 0 Å². The van der Waals surface area contributed by atoms with Crippen molar-refractivity contribution >= 4 is 39.3 Å². The number of hydrogen-bond acceptors (Lipinski definition) is 7. The SMILES string of the molecule is CCOc1ccc(N=C(N/N=C/c2ccc(OCC(C)C)c(OC)c2)c2nc3ccccc3s2)cc1. The van der Waals surface area contributed by atoms with E-state index >= 15 is 0 Å². The Bertz CT molecular complexity index is 1310. The standard InChI is InChI=1S/C28H30N4O3S/c1-5-34-22-13-11-21(12-14-22)30-27(28-31-23-8-6-7-9-26(23)36-28)32-29-17-20-10-15-24(25(16-20)33-4)35-18-19(2)3/h6-17,19H,5,18H2,1-4H3,(H,30,32)/b29-17+. The van der Waals surface area contributed by atoms with Gasteiger partial charge in [-0.2, -0.15) is 5.10 Å². The molecule has 0 aliphatic rings. The van der Waals surface area contributed by atoms with Gasteiger partial charge >= 0.3 is 0 Å². The minimum absolute atomic E-state index is 0.427. The summed E-state index contributed by atoms with van der Waals surface area (Å²) in [7, 11) is 1.63. The fraction of sp³-hybridized carbons (Fsp3) is 0.250. The molecule has 0 aliphatic heterocycles. The molecule has 4 rings (SSSR count). The number of thiazole rings is 1. The summed E-state index contributed by atoms with van der Waals surface area (Å²) in [6.45, 7) is 7.42. The molecule has 186 valence electrons. The number of hydrazone groups is 1. The maximum atomic E-state index is 5.84. The van der Waals surface area contributed by atoms with E-state index in [1.54, 1.807) is 24.7 Å². The number of para-hydroxylation sites is 1. The molecule has 36 heavy (non-hydrogen) atoms. The Labute approximate surface area is 215 Å². The number of nitrogens with one attached hydrogen (secondary N) is 1. The van der Waals surface area contributed by atoms with Gasteiger partial charge in [-0.05, 0) is 73.0 Å². The van der Waals surface area contributed by atoms with Gasteiger partial charge in [0.05, 0.1) is 42.4 Å². The number of hydrogen-bond donors (Lipinski definition) is 1. The van der Waals surface area contributed by atoms with E-state index in [2.05, 4.69) is 24.4 Å². The lowest BCUT2D eigenvalue weighted by molar-refractivity contribution is 0.257. The quantitative estimate of drug-likeness (QED) is 0.153. The van der Waals surface area contributed by atoms with Crippen LogP contribution in [0.3, 0.4) is 0 Å². The van der Waals surface area contributed by atoms with Gasteiger partial charge in [0.15, 0.2) is 22.3 Å². The zero-order valence-corrected chi connectivity index (χ0v) is 21.7. The van der Waals surface area contributed by atoms with E-state index in [9.17, 15) is 0 Å². The molecule has 0 unspecified atom stereocenters. The van der Waals surface area contributed by atoms with Gasteiger partial charge < -0.3 is 14.2 Å². The number of methoxy groups -OCH3 is 1. The molecule has 1 aromatic heterocycles. The second-order valence-electron chi connectivity index (χ2n) is 8.36. The first-order valence-electron chi connectivity index (χ1n) is 11.8. The number of amidine groups is 1. The van der Waals surface area contributed by atoms with Crippen molar-refractivity contribution in [2.24, 2.45) is 16.0 Å². The lowest BCUT2D eigenvalue weighted by atomic mass is 10.2. The molecule has 1 heterocycles. The molecule has 1 N–H and O–H groups in total. The van der Waals surface area contributed by atoms with Crippen LogP contribution in [0.25, 0.3) is 10.2 Å². The summed E-state index contributed by atoms with van der Waals surface area (Å²) in [5.41, 5.74) is 5.64. The van der Waals surface area contributed by atoms with Gasteiger partial charge in [0.25, 0.3) is 0 Å². The molecule has 0 radical (unpaired) electrons. The van der Waals surface area contributed by atoms with Crippen molar-refractivity contribution in [3.63, 3.8) is 0 Å². The zero-order valence-electron chi connectivity index (χ0n) is 20.9. The lowest BCUT2D eigenvalue weighted by Gasteiger charge is -2.12. The van der Waals surface area contributed by atoms with E-state index in [4.69, 9.17) is 24.2 Å². The van der Waals surface area contributed by atoms with Crippen LogP contribution in [-0.4, -0.2) is 37.4 Å². The molecular formula is C28H30N4O3S. The third kappa shape index (κ3) is 6.60. The van der Waals surface area contributed by atoms with Crippen molar-refractivity contribution in [3.05, 3.63) is 77.3 Å². The lowest BCUT2D eigenvalue weighted by Crippen LogP contribution is -2.18. The van der Waals surface area contributed by atoms with Crippen LogP contribution >= 0.6 is 11.3 Å². The predicted octanol–water partition coefficient (Wildman–Crippen LogP) is 6.44. The molecule has 0 saturated carbocycles. The van der Waals surface area contributed by atoms with Gasteiger partial charge in [-0.25, -0.2) is 9.98 Å². The second kappa shape index (κ2) is 12.2. The van der Waals surface area contributed by atoms with Crippen LogP contribution in [0.4, 0.5) is 5.69 Å². The summed E-state index contributed by atoms with van der Waals surface area (Å²) >= 11 is 1.56. The summed E-state index contributed by atoms with van der Waals surface area (Å²) in [6.07, 6.45) is 1.72. The Morgan fingerprint density at radius 3 is 2.56 bits per heavy atom. The fourth-order valence-electron chi connectivity index (χ4n) is 3.31. The predicted molar refractivity (Wildman–Crippen MR) is 147 cm³/mol. The van der Waals surface area contributed by atoms with Crippen LogP contribution in [-0.2, 0) is 0 Å². The highest BCUT2D eigenvalue weighted by Crippen LogP contribution is 2.28. The van der Waals surface area contributed by atoms with Crippen LogP contribution in [0.5, 0.6) is 17.2 Å². The summed E-state index contributed by atoms with van der Waals surface area (Å²) < 4.78 is 18.0. The van der Waals surface area contributed by atoms with E-state index in [-0.39, 0.29) is 0 Å². The third-order valence-electron chi connectivity index (χ3n) is 5.03. The topological polar surface area (TPSA) is 77.3 Å². The van der Waals surface area contributed by atoms with Crippen LogP contribution < -0.4 is 19.6 Å². The Kier molecular flexibility index (Phi) is 8.52. The number of fused-ring (bicyclic) bond motifs is 1. The molecule has 0 spiro atoms. The molecule has 0 aliphatic carbocycles. The summed E-state index contributed by atoms with van der Waals surface area (Å²) in [4.78, 5) is 9.53. The normalized spacial score (nSPS) is 11.9. The van der Waals surface area contributed by atoms with E-state index in [1.807, 2.05) is 73.7 Å². The van der Waals surface area contributed by atoms with Crippen LogP contribution in [0.1, 0.15) is 31.3 Å². The minimum atomic E-state index is 0.427. The molecule has 8 heteroatoms. The summed E-state index contributed by atoms with van der Waals surface area (Å²) in [5, 5.41) is 5.20. The van der Waals surface area contributed by atoms with Crippen molar-refractivity contribution in [3.8, 4) is 17.2 Å². The maximum Gasteiger partial charge on any atom is 0.183 e. The van der Waals surface area contributed by atoms with Gasteiger partial charge in [0.1, 0.15) is 5.75 Å². The number of aliphatic imine (C=N–C) groups is 1. The number of ether oxygens (including phenoxy) is 3. The van der Waals surface area contributed by atoms with Crippen molar-refractivity contribution in [1.29, 1.82) is 0 Å². The first-order chi connectivity index (χ1) is 17.6. The molecule has 0 atom stereocenters. The van der Waals surface area contributed by atoms with E-state index in [0.29, 0.717) is 36.5 Å². The van der Waals surface area contributed by atoms with Crippen molar-refractivity contribution in [2.45, 2.75) is 20.8 Å². The van der Waals surface area contributed by atoms with Crippen molar-refractivity contribution in [1.82, 2.24) is 10.4 Å². The molecule has 4 aromatic rings. The van der Waals surface area contributed by atoms with Crippen LogP contribution in [0.2, 0.25) is 0 Å². The van der Waals surface area contributed by atoms with Gasteiger partial charge in [-0.1, -0.05) is 26.0 Å². The summed E-state index contributed by atoms with van der Waals surface area (Å²) in [6, 6.07) is 21.3. The number of nitrogens with zero attached hydrogens (tertiary/aromatic N) is 3. The molecule has 0 amide bonds. The van der Waals surface area contributed by atoms with E-state index in [1.165, 1.54) is 0 Å². The largest absolute Gasteiger partial charge is 0.494 e. The molecule has 0 saturated heterocycles. The van der Waals surface area contributed by atoms with Crippen molar-refractivity contribution in [2.75, 3.05) is 20.3 Å². The smallest absolute Gasteiger partial charge is 0.183 e. The minimum Gasteiger partial charge on any atom is -0.494 e. The Morgan fingerprint density at radius 1 is 1.03 bits per heavy atom. The molecule has 7 nitrogen and oxygen atoms in total. The average Bonchev–Trinajstić information content (AvgIpc) is 3.32. The first kappa shape index (κ1) is 25.2. The van der Waals surface area contributed by atoms with Crippen molar-refractivity contribution < 1.29 is 14.2 Å². The highest BCUT2D eigenvalue weighted by atomic mass is 32.1. The maximum absolute atomic E-state index is 5.84. The summed E-state index contributed by atoms with van der Waals surface area (Å²) in [5.74, 6) is 3.16. The molecule has 3 aromatic carbocycles. The Hall–Kier alpha value is -3.91. The van der Waals surface area contributed by atoms with Crippen LogP contribution in [0, 0.1) is 5.92 Å². The fourth-order valence-corrected chi connectivity index (χ4v) is 4.22. The molecule has 0 bridgehead atoms. The number of rotatable bonds is 10. The Balaban J connectivity index is 1.58. The Morgan fingerprint density at radius 2 is 1.83 bits per heavy atom. The number of benzene rings is 3. The molecular weight excluding hydrogens is 472 g/mol. The highest BCUT2D eigenvalue weighted by molar-refractivity contribution is 7.20. The zero-order chi connectivity index (χ0) is 25.3. The average molecular weight is 503 g/mol. The van der Waals surface area contributed by atoms with Crippen LogP contribution in [0.15, 0.2) is 76.8 Å². The number of aromatic nitrogens is 1. The first-order valence-corrected chi connectivity index (χ1v) is 12.6.